The maximum Gasteiger partial charge on any atom is 0.337 e. The van der Waals surface area contributed by atoms with E-state index >= 15 is 0 Å². The Morgan fingerprint density at radius 2 is 1.76 bits per heavy atom. The zero-order chi connectivity index (χ0) is 26.2. The van der Waals surface area contributed by atoms with Crippen molar-refractivity contribution in [1.82, 2.24) is 5.32 Å². The molecule has 2 aromatic carbocycles. The fourth-order valence-electron chi connectivity index (χ4n) is 4.72. The van der Waals surface area contributed by atoms with Crippen molar-refractivity contribution in [2.24, 2.45) is 0 Å². The number of anilines is 1. The van der Waals surface area contributed by atoms with Crippen LogP contribution >= 0.6 is 11.3 Å². The molecule has 0 aliphatic heterocycles. The molecule has 37 heavy (non-hydrogen) atoms. The van der Waals surface area contributed by atoms with Gasteiger partial charge in [0.25, 0.3) is 0 Å². The van der Waals surface area contributed by atoms with Crippen LogP contribution in [0, 0.1) is 0 Å². The first-order valence-corrected chi connectivity index (χ1v) is 13.3. The van der Waals surface area contributed by atoms with Gasteiger partial charge in [0, 0.05) is 16.6 Å². The lowest BCUT2D eigenvalue weighted by Crippen LogP contribution is -2.47. The lowest BCUT2D eigenvalue weighted by Gasteiger charge is -2.33. The van der Waals surface area contributed by atoms with Gasteiger partial charge in [0.1, 0.15) is 11.8 Å². The third-order valence-electron chi connectivity index (χ3n) is 6.61. The number of carbonyl (C=O) groups excluding carboxylic acids is 3. The zero-order valence-electron chi connectivity index (χ0n) is 21.1. The number of nitrogens with zero attached hydrogens (tertiary/aromatic N) is 1. The maximum absolute atomic E-state index is 13.9. The van der Waals surface area contributed by atoms with Gasteiger partial charge in [0.2, 0.25) is 11.8 Å². The van der Waals surface area contributed by atoms with Crippen LogP contribution in [-0.2, 0) is 20.7 Å². The molecule has 1 fully saturated rings. The minimum Gasteiger partial charge on any atom is -0.497 e. The van der Waals surface area contributed by atoms with Crippen molar-refractivity contribution in [3.8, 4) is 5.75 Å². The van der Waals surface area contributed by atoms with Gasteiger partial charge in [-0.2, -0.15) is 0 Å². The predicted octanol–water partition coefficient (Wildman–Crippen LogP) is 5.31. The normalized spacial score (nSPS) is 14.4. The van der Waals surface area contributed by atoms with E-state index in [9.17, 15) is 14.4 Å². The molecule has 1 atom stereocenters. The largest absolute Gasteiger partial charge is 0.497 e. The van der Waals surface area contributed by atoms with Gasteiger partial charge in [-0.3, -0.25) is 14.5 Å². The fourth-order valence-corrected chi connectivity index (χ4v) is 5.41. The number of thiophene rings is 1. The Bertz CT molecular complexity index is 1200. The van der Waals surface area contributed by atoms with Gasteiger partial charge in [-0.15, -0.1) is 11.3 Å². The van der Waals surface area contributed by atoms with Gasteiger partial charge in [0.15, 0.2) is 0 Å². The number of amides is 2. The highest BCUT2D eigenvalue weighted by molar-refractivity contribution is 7.10. The molecule has 1 aromatic heterocycles. The highest BCUT2D eigenvalue weighted by Gasteiger charge is 2.34. The molecule has 0 spiro atoms. The molecule has 8 heteroatoms. The highest BCUT2D eigenvalue weighted by Crippen LogP contribution is 2.32. The second-order valence-electron chi connectivity index (χ2n) is 9.08. The Hall–Kier alpha value is -3.65. The number of rotatable bonds is 9. The van der Waals surface area contributed by atoms with Gasteiger partial charge in [0.05, 0.1) is 26.2 Å². The molecular weight excluding hydrogens is 488 g/mol. The van der Waals surface area contributed by atoms with Crippen LogP contribution < -0.4 is 15.0 Å². The minimum absolute atomic E-state index is 0.0744. The molecule has 1 aliphatic rings. The summed E-state index contributed by atoms with van der Waals surface area (Å²) < 4.78 is 10.3. The van der Waals surface area contributed by atoms with E-state index in [0.717, 1.165) is 30.6 Å². The van der Waals surface area contributed by atoms with E-state index < -0.39 is 12.0 Å². The van der Waals surface area contributed by atoms with E-state index in [2.05, 4.69) is 5.32 Å². The minimum atomic E-state index is -0.923. The second kappa shape index (κ2) is 12.5. The number of esters is 1. The number of ether oxygens (including phenoxy) is 2. The monoisotopic (exact) mass is 520 g/mol. The van der Waals surface area contributed by atoms with Crippen molar-refractivity contribution in [1.29, 1.82) is 0 Å². The molecule has 1 unspecified atom stereocenters. The second-order valence-corrected chi connectivity index (χ2v) is 10.1. The summed E-state index contributed by atoms with van der Waals surface area (Å²) >= 11 is 1.49. The Labute approximate surface area is 221 Å². The van der Waals surface area contributed by atoms with E-state index in [0.29, 0.717) is 22.6 Å². The Morgan fingerprint density at radius 3 is 2.41 bits per heavy atom. The third-order valence-corrected chi connectivity index (χ3v) is 7.48. The lowest BCUT2D eigenvalue weighted by atomic mass is 9.94. The van der Waals surface area contributed by atoms with Gasteiger partial charge in [-0.05, 0) is 66.2 Å². The predicted molar refractivity (Wildman–Crippen MR) is 144 cm³/mol. The molecule has 1 N–H and O–H groups in total. The first-order valence-electron chi connectivity index (χ1n) is 12.5. The SMILES string of the molecule is COC(=O)c1ccc(N(C(=O)Cc2cccs2)C(C(=O)NC2CCCCC2)c2cccc(OC)c2)cc1. The topological polar surface area (TPSA) is 84.9 Å². The van der Waals surface area contributed by atoms with Crippen LogP contribution in [0.4, 0.5) is 5.69 Å². The molecule has 0 radical (unpaired) electrons. The average Bonchev–Trinajstić information content (AvgIpc) is 3.44. The Kier molecular flexibility index (Phi) is 8.95. The standard InChI is InChI=1S/C29H32N2O5S/c1-35-24-11-6-8-21(18-24)27(28(33)30-22-9-4-3-5-10-22)31(26(32)19-25-12-7-17-37-25)23-15-13-20(14-16-23)29(34)36-2/h6-8,11-18,22,27H,3-5,9-10,19H2,1-2H3,(H,30,33). The first kappa shape index (κ1) is 26.4. The summed E-state index contributed by atoms with van der Waals surface area (Å²) in [6, 6.07) is 16.8. The summed E-state index contributed by atoms with van der Waals surface area (Å²) in [4.78, 5) is 42.3. The van der Waals surface area contributed by atoms with Gasteiger partial charge in [-0.1, -0.05) is 37.5 Å². The molecule has 1 heterocycles. The molecule has 1 aliphatic carbocycles. The van der Waals surface area contributed by atoms with Crippen LogP contribution in [-0.4, -0.2) is 38.0 Å². The Morgan fingerprint density at radius 1 is 1.00 bits per heavy atom. The maximum atomic E-state index is 13.9. The molecule has 0 saturated heterocycles. The van der Waals surface area contributed by atoms with E-state index in [-0.39, 0.29) is 24.3 Å². The number of benzene rings is 2. The van der Waals surface area contributed by atoms with Crippen LogP contribution in [0.1, 0.15) is 58.9 Å². The van der Waals surface area contributed by atoms with Crippen LogP contribution in [0.5, 0.6) is 5.75 Å². The molecule has 4 rings (SSSR count). The molecule has 3 aromatic rings. The van der Waals surface area contributed by atoms with E-state index in [1.807, 2.05) is 35.7 Å². The first-order chi connectivity index (χ1) is 18.0. The van der Waals surface area contributed by atoms with Gasteiger partial charge < -0.3 is 14.8 Å². The average molecular weight is 521 g/mol. The smallest absolute Gasteiger partial charge is 0.337 e. The van der Waals surface area contributed by atoms with Crippen LogP contribution in [0.2, 0.25) is 0 Å². The Balaban J connectivity index is 1.77. The summed E-state index contributed by atoms with van der Waals surface area (Å²) in [5, 5.41) is 5.14. The number of methoxy groups -OCH3 is 2. The molecular formula is C29H32N2O5S. The zero-order valence-corrected chi connectivity index (χ0v) is 22.0. The van der Waals surface area contributed by atoms with Crippen LogP contribution in [0.25, 0.3) is 0 Å². The van der Waals surface area contributed by atoms with Crippen molar-refractivity contribution in [2.45, 2.75) is 50.6 Å². The molecule has 194 valence electrons. The molecule has 7 nitrogen and oxygen atoms in total. The van der Waals surface area contributed by atoms with Crippen molar-refractivity contribution < 1.29 is 23.9 Å². The number of hydrogen-bond acceptors (Lipinski definition) is 6. The van der Waals surface area contributed by atoms with Crippen LogP contribution in [0.15, 0.2) is 66.0 Å². The third kappa shape index (κ3) is 6.57. The molecule has 1 saturated carbocycles. The van der Waals surface area contributed by atoms with Crippen molar-refractivity contribution in [2.75, 3.05) is 19.1 Å². The van der Waals surface area contributed by atoms with Gasteiger partial charge >= 0.3 is 5.97 Å². The lowest BCUT2D eigenvalue weighted by molar-refractivity contribution is -0.127. The van der Waals surface area contributed by atoms with E-state index in [4.69, 9.17) is 9.47 Å². The van der Waals surface area contributed by atoms with Crippen LogP contribution in [0.3, 0.4) is 0 Å². The van der Waals surface area contributed by atoms with Crippen molar-refractivity contribution in [3.63, 3.8) is 0 Å². The molecule has 0 bridgehead atoms. The number of nitrogens with one attached hydrogen (secondary N) is 1. The quantitative estimate of drug-likeness (QED) is 0.387. The highest BCUT2D eigenvalue weighted by atomic mass is 32.1. The summed E-state index contributed by atoms with van der Waals surface area (Å²) in [5.74, 6) is -0.335. The summed E-state index contributed by atoms with van der Waals surface area (Å²) in [5.41, 5.74) is 1.52. The number of carbonyl (C=O) groups is 3. The fraction of sp³-hybridized carbons (Fsp3) is 0.345. The van der Waals surface area contributed by atoms with Crippen molar-refractivity contribution in [3.05, 3.63) is 82.0 Å². The number of hydrogen-bond donors (Lipinski definition) is 1. The molecule has 2 amide bonds. The van der Waals surface area contributed by atoms with E-state index in [1.54, 1.807) is 37.4 Å². The summed E-state index contributed by atoms with van der Waals surface area (Å²) in [7, 11) is 2.89. The van der Waals surface area contributed by atoms with E-state index in [1.165, 1.54) is 29.8 Å². The summed E-state index contributed by atoms with van der Waals surface area (Å²) in [6.45, 7) is 0. The summed E-state index contributed by atoms with van der Waals surface area (Å²) in [6.07, 6.45) is 5.31. The van der Waals surface area contributed by atoms with Gasteiger partial charge in [-0.25, -0.2) is 4.79 Å². The van der Waals surface area contributed by atoms with Crippen molar-refractivity contribution >= 4 is 34.8 Å².